The van der Waals surface area contributed by atoms with Crippen LogP contribution in [0.2, 0.25) is 0 Å². The summed E-state index contributed by atoms with van der Waals surface area (Å²) < 4.78 is 0. The van der Waals surface area contributed by atoms with Crippen molar-refractivity contribution >= 4 is 11.6 Å². The topological polar surface area (TPSA) is 41.1 Å². The van der Waals surface area contributed by atoms with Gasteiger partial charge in [0.2, 0.25) is 0 Å². The lowest BCUT2D eigenvalue weighted by molar-refractivity contribution is 0.0963. The minimum atomic E-state index is -0.0621. The lowest BCUT2D eigenvalue weighted by Crippen LogP contribution is -2.17. The predicted molar refractivity (Wildman–Crippen MR) is 83.0 cm³/mol. The number of amides is 1. The Morgan fingerprint density at radius 2 is 1.65 bits per heavy atom. The van der Waals surface area contributed by atoms with Crippen LogP contribution in [0.5, 0.6) is 0 Å². The normalized spacial score (nSPS) is 10.1. The second kappa shape index (κ2) is 6.75. The molecule has 0 bridgehead atoms. The number of nitrogens with one attached hydrogen (secondary N) is 2. The molecule has 0 fully saturated rings. The van der Waals surface area contributed by atoms with Crippen molar-refractivity contribution in [3.05, 3.63) is 65.2 Å². The van der Waals surface area contributed by atoms with Gasteiger partial charge in [0.15, 0.2) is 0 Å². The monoisotopic (exact) mass is 268 g/mol. The van der Waals surface area contributed by atoms with Crippen molar-refractivity contribution in [2.75, 3.05) is 12.4 Å². The van der Waals surface area contributed by atoms with Gasteiger partial charge in [-0.25, -0.2) is 0 Å². The van der Waals surface area contributed by atoms with Gasteiger partial charge in [-0.2, -0.15) is 0 Å². The minimum Gasteiger partial charge on any atom is -0.381 e. The van der Waals surface area contributed by atoms with E-state index in [0.29, 0.717) is 5.56 Å². The SMILES string of the molecule is CCc1ccccc1CNc1ccc(C(=O)NC)cc1. The van der Waals surface area contributed by atoms with Crippen LogP contribution in [0.25, 0.3) is 0 Å². The van der Waals surface area contributed by atoms with Crippen LogP contribution >= 0.6 is 0 Å². The number of hydrogen-bond donors (Lipinski definition) is 2. The Morgan fingerprint density at radius 3 is 2.25 bits per heavy atom. The molecule has 0 radical (unpaired) electrons. The highest BCUT2D eigenvalue weighted by Crippen LogP contribution is 2.14. The maximum absolute atomic E-state index is 11.5. The third-order valence-electron chi connectivity index (χ3n) is 3.36. The highest BCUT2D eigenvalue weighted by Gasteiger charge is 2.03. The molecule has 0 atom stereocenters. The van der Waals surface area contributed by atoms with E-state index in [-0.39, 0.29) is 5.91 Å². The molecule has 0 aliphatic heterocycles. The molecular formula is C17H20N2O. The molecule has 2 aromatic carbocycles. The van der Waals surface area contributed by atoms with Gasteiger partial charge in [0.1, 0.15) is 0 Å². The van der Waals surface area contributed by atoms with Crippen molar-refractivity contribution in [3.63, 3.8) is 0 Å². The Morgan fingerprint density at radius 1 is 1.00 bits per heavy atom. The summed E-state index contributed by atoms with van der Waals surface area (Å²) in [4.78, 5) is 11.5. The van der Waals surface area contributed by atoms with E-state index in [9.17, 15) is 4.79 Å². The Labute approximate surface area is 120 Å². The van der Waals surface area contributed by atoms with Crippen LogP contribution in [0.3, 0.4) is 0 Å². The van der Waals surface area contributed by atoms with E-state index in [2.05, 4.69) is 41.8 Å². The first-order valence-electron chi connectivity index (χ1n) is 6.87. The maximum atomic E-state index is 11.5. The summed E-state index contributed by atoms with van der Waals surface area (Å²) in [6, 6.07) is 15.9. The van der Waals surface area contributed by atoms with Gasteiger partial charge in [-0.05, 0) is 41.8 Å². The second-order valence-corrected chi connectivity index (χ2v) is 4.63. The third kappa shape index (κ3) is 3.38. The quantitative estimate of drug-likeness (QED) is 0.874. The van der Waals surface area contributed by atoms with Gasteiger partial charge >= 0.3 is 0 Å². The van der Waals surface area contributed by atoms with Gasteiger partial charge in [0, 0.05) is 24.8 Å². The zero-order valence-corrected chi connectivity index (χ0v) is 11.9. The van der Waals surface area contributed by atoms with E-state index < -0.39 is 0 Å². The van der Waals surface area contributed by atoms with Gasteiger partial charge in [0.25, 0.3) is 5.91 Å². The van der Waals surface area contributed by atoms with Crippen LogP contribution < -0.4 is 10.6 Å². The van der Waals surface area contributed by atoms with E-state index in [4.69, 9.17) is 0 Å². The molecule has 1 amide bonds. The van der Waals surface area contributed by atoms with Crippen LogP contribution in [0.4, 0.5) is 5.69 Å². The number of rotatable bonds is 5. The van der Waals surface area contributed by atoms with E-state index in [1.807, 2.05) is 24.3 Å². The smallest absolute Gasteiger partial charge is 0.251 e. The first kappa shape index (κ1) is 14.1. The molecule has 20 heavy (non-hydrogen) atoms. The summed E-state index contributed by atoms with van der Waals surface area (Å²) >= 11 is 0. The summed E-state index contributed by atoms with van der Waals surface area (Å²) in [5, 5.41) is 6.00. The number of benzene rings is 2. The summed E-state index contributed by atoms with van der Waals surface area (Å²) in [6.45, 7) is 2.96. The lowest BCUT2D eigenvalue weighted by atomic mass is 10.1. The highest BCUT2D eigenvalue weighted by molar-refractivity contribution is 5.94. The number of hydrogen-bond acceptors (Lipinski definition) is 2. The van der Waals surface area contributed by atoms with Gasteiger partial charge < -0.3 is 10.6 Å². The van der Waals surface area contributed by atoms with Crippen molar-refractivity contribution in [2.45, 2.75) is 19.9 Å². The zero-order valence-electron chi connectivity index (χ0n) is 11.9. The van der Waals surface area contributed by atoms with Gasteiger partial charge in [-0.3, -0.25) is 4.79 Å². The van der Waals surface area contributed by atoms with Crippen LogP contribution in [0, 0.1) is 0 Å². The Kier molecular flexibility index (Phi) is 4.77. The van der Waals surface area contributed by atoms with Crippen LogP contribution in [-0.4, -0.2) is 13.0 Å². The number of anilines is 1. The van der Waals surface area contributed by atoms with E-state index >= 15 is 0 Å². The molecule has 0 saturated carbocycles. The molecule has 0 unspecified atom stereocenters. The third-order valence-corrected chi connectivity index (χ3v) is 3.36. The average molecular weight is 268 g/mol. The Balaban J connectivity index is 2.02. The Bertz CT molecular complexity index is 576. The molecule has 2 N–H and O–H groups in total. The lowest BCUT2D eigenvalue weighted by Gasteiger charge is -2.10. The molecule has 104 valence electrons. The molecule has 0 aromatic heterocycles. The van der Waals surface area contributed by atoms with Gasteiger partial charge in [-0.1, -0.05) is 31.2 Å². The second-order valence-electron chi connectivity index (χ2n) is 4.63. The fourth-order valence-corrected chi connectivity index (χ4v) is 2.16. The fraction of sp³-hybridized carbons (Fsp3) is 0.235. The molecule has 0 spiro atoms. The van der Waals surface area contributed by atoms with Crippen molar-refractivity contribution in [3.8, 4) is 0 Å². The number of carbonyl (C=O) groups is 1. The molecule has 3 nitrogen and oxygen atoms in total. The van der Waals surface area contributed by atoms with Gasteiger partial charge in [-0.15, -0.1) is 0 Å². The summed E-state index contributed by atoms with van der Waals surface area (Å²) in [5.41, 5.74) is 4.36. The standard InChI is InChI=1S/C17H20N2O/c1-3-13-6-4-5-7-15(13)12-19-16-10-8-14(9-11-16)17(20)18-2/h4-11,19H,3,12H2,1-2H3,(H,18,20). The highest BCUT2D eigenvalue weighted by atomic mass is 16.1. The zero-order chi connectivity index (χ0) is 14.4. The van der Waals surface area contributed by atoms with E-state index in [1.54, 1.807) is 7.05 Å². The molecule has 0 saturated heterocycles. The fourth-order valence-electron chi connectivity index (χ4n) is 2.16. The molecule has 2 aromatic rings. The van der Waals surface area contributed by atoms with Crippen molar-refractivity contribution < 1.29 is 4.79 Å². The van der Waals surface area contributed by atoms with Crippen molar-refractivity contribution in [1.82, 2.24) is 5.32 Å². The van der Waals surface area contributed by atoms with Gasteiger partial charge in [0.05, 0.1) is 0 Å². The van der Waals surface area contributed by atoms with E-state index in [1.165, 1.54) is 11.1 Å². The van der Waals surface area contributed by atoms with Crippen LogP contribution in [0.15, 0.2) is 48.5 Å². The number of aryl methyl sites for hydroxylation is 1. The average Bonchev–Trinajstić information content (AvgIpc) is 2.53. The molecular weight excluding hydrogens is 248 g/mol. The Hall–Kier alpha value is -2.29. The van der Waals surface area contributed by atoms with Crippen LogP contribution in [-0.2, 0) is 13.0 Å². The minimum absolute atomic E-state index is 0.0621. The molecule has 2 rings (SSSR count). The molecule has 0 heterocycles. The maximum Gasteiger partial charge on any atom is 0.251 e. The molecule has 0 aliphatic rings. The summed E-state index contributed by atoms with van der Waals surface area (Å²) in [5.74, 6) is -0.0621. The summed E-state index contributed by atoms with van der Waals surface area (Å²) in [7, 11) is 1.64. The molecule has 3 heteroatoms. The first-order chi connectivity index (χ1) is 9.74. The molecule has 0 aliphatic carbocycles. The van der Waals surface area contributed by atoms with E-state index in [0.717, 1.165) is 18.7 Å². The van der Waals surface area contributed by atoms with Crippen molar-refractivity contribution in [1.29, 1.82) is 0 Å². The van der Waals surface area contributed by atoms with Crippen molar-refractivity contribution in [2.24, 2.45) is 0 Å². The summed E-state index contributed by atoms with van der Waals surface area (Å²) in [6.07, 6.45) is 1.04. The largest absolute Gasteiger partial charge is 0.381 e. The first-order valence-corrected chi connectivity index (χ1v) is 6.87. The predicted octanol–water partition coefficient (Wildman–Crippen LogP) is 3.22. The number of carbonyl (C=O) groups excluding carboxylic acids is 1. The van der Waals surface area contributed by atoms with Crippen LogP contribution in [0.1, 0.15) is 28.4 Å².